The van der Waals surface area contributed by atoms with Crippen LogP contribution in [0.5, 0.6) is 0 Å². The molecule has 0 aromatic carbocycles. The van der Waals surface area contributed by atoms with Gasteiger partial charge < -0.3 is 0 Å². The number of hydrogen-bond donors (Lipinski definition) is 0. The Hall–Kier alpha value is 0.160. The third-order valence-electron chi connectivity index (χ3n) is 0.761. The molecule has 0 saturated carbocycles. The van der Waals surface area contributed by atoms with Crippen LogP contribution in [-0.4, -0.2) is 23.6 Å². The largest absolute Gasteiger partial charge is 0.390 e. The van der Waals surface area contributed by atoms with Crippen molar-refractivity contribution < 1.29 is 26.3 Å². The van der Waals surface area contributed by atoms with Gasteiger partial charge in [0.1, 0.15) is 0 Å². The second-order valence-corrected chi connectivity index (χ2v) is 3.07. The summed E-state index contributed by atoms with van der Waals surface area (Å²) in [5, 5.41) is 0. The molecule has 0 heterocycles. The molecule has 14 heavy (non-hydrogen) atoms. The van der Waals surface area contributed by atoms with E-state index in [0.717, 1.165) is 0 Å². The quantitative estimate of drug-likeness (QED) is 0.514. The van der Waals surface area contributed by atoms with Gasteiger partial charge in [-0.2, -0.15) is 13.2 Å². The first-order valence-electron chi connectivity index (χ1n) is 3.29. The van der Waals surface area contributed by atoms with Gasteiger partial charge in [-0.05, 0) is 0 Å². The van der Waals surface area contributed by atoms with E-state index in [9.17, 15) is 26.3 Å². The monoisotopic (exact) mass is 264 g/mol. The molecule has 0 saturated heterocycles. The van der Waals surface area contributed by atoms with Gasteiger partial charge in [-0.15, -0.1) is 11.6 Å². The van der Waals surface area contributed by atoms with Crippen molar-refractivity contribution in [3.8, 4) is 0 Å². The van der Waals surface area contributed by atoms with Gasteiger partial charge in [-0.25, -0.2) is 13.2 Å². The smallest absolute Gasteiger partial charge is 0.223 e. The number of alkyl halides is 8. The van der Waals surface area contributed by atoms with Crippen LogP contribution in [0.4, 0.5) is 26.3 Å². The van der Waals surface area contributed by atoms with Crippen molar-refractivity contribution in [2.45, 2.75) is 31.1 Å². The highest BCUT2D eigenvalue weighted by atomic mass is 35.5. The summed E-state index contributed by atoms with van der Waals surface area (Å²) in [6, 6.07) is 0. The van der Waals surface area contributed by atoms with Crippen LogP contribution in [0.1, 0.15) is 13.3 Å². The summed E-state index contributed by atoms with van der Waals surface area (Å²) in [6.45, 7) is 0.421. The molecule has 0 spiro atoms. The van der Waals surface area contributed by atoms with E-state index >= 15 is 0 Å². The summed E-state index contributed by atoms with van der Waals surface area (Å²) in [6.07, 6.45) is -4.98. The molecule has 0 N–H and O–H groups in total. The van der Waals surface area contributed by atoms with E-state index < -0.39 is 24.2 Å². The Morgan fingerprint density at radius 1 is 1.14 bits per heavy atom. The van der Waals surface area contributed by atoms with Crippen molar-refractivity contribution in [1.29, 1.82) is 0 Å². The van der Waals surface area contributed by atoms with E-state index in [2.05, 4.69) is 11.6 Å². The number of hydrogen-bond acceptors (Lipinski definition) is 0. The second-order valence-electron chi connectivity index (χ2n) is 2.31. The van der Waals surface area contributed by atoms with Crippen LogP contribution in [0.3, 0.4) is 0 Å². The lowest BCUT2D eigenvalue weighted by atomic mass is 10.4. The maximum atomic E-state index is 11.3. The molecule has 0 rings (SSSR count). The van der Waals surface area contributed by atoms with Crippen LogP contribution in [-0.2, 0) is 0 Å². The topological polar surface area (TPSA) is 0 Å². The summed E-state index contributed by atoms with van der Waals surface area (Å²) < 4.78 is 66.8. The fourth-order valence-corrected chi connectivity index (χ4v) is 0.321. The lowest BCUT2D eigenvalue weighted by molar-refractivity contribution is -0.129. The minimum absolute atomic E-state index is 0.344. The second kappa shape index (κ2) is 6.61. The van der Waals surface area contributed by atoms with Gasteiger partial charge in [0.15, 0.2) is 0 Å². The molecule has 0 aliphatic heterocycles. The molecule has 8 heteroatoms. The normalized spacial score (nSPS) is 14.4. The summed E-state index contributed by atoms with van der Waals surface area (Å²) >= 11 is 9.10. The molecule has 0 radical (unpaired) electrons. The van der Waals surface area contributed by atoms with Crippen molar-refractivity contribution in [3.05, 3.63) is 0 Å². The minimum atomic E-state index is -4.08. The Morgan fingerprint density at radius 3 is 1.43 bits per heavy atom. The molecule has 0 fully saturated rings. The fourth-order valence-electron chi connectivity index (χ4n) is 0.107. The highest BCUT2D eigenvalue weighted by Crippen LogP contribution is 2.22. The SMILES string of the molecule is CC(F)(F)C(F)Cl.FC(F)(F)CCCl. The summed E-state index contributed by atoms with van der Waals surface area (Å²) in [5.41, 5.74) is -2.56. The van der Waals surface area contributed by atoms with Crippen LogP contribution in [0.2, 0.25) is 0 Å². The van der Waals surface area contributed by atoms with E-state index in [4.69, 9.17) is 11.6 Å². The Labute approximate surface area is 87.2 Å². The zero-order chi connectivity index (χ0) is 12.0. The molecule has 0 nitrogen and oxygen atoms in total. The first-order valence-corrected chi connectivity index (χ1v) is 4.26. The van der Waals surface area contributed by atoms with Crippen molar-refractivity contribution in [3.63, 3.8) is 0 Å². The zero-order valence-electron chi connectivity index (χ0n) is 7.02. The van der Waals surface area contributed by atoms with Crippen LogP contribution in [0, 0.1) is 0 Å². The molecule has 1 atom stereocenters. The maximum Gasteiger partial charge on any atom is 0.390 e. The Bertz CT molecular complexity index is 138. The predicted molar refractivity (Wildman–Crippen MR) is 42.8 cm³/mol. The Morgan fingerprint density at radius 2 is 1.43 bits per heavy atom. The lowest BCUT2D eigenvalue weighted by Gasteiger charge is -2.06. The van der Waals surface area contributed by atoms with E-state index in [1.165, 1.54) is 0 Å². The maximum absolute atomic E-state index is 11.3. The van der Waals surface area contributed by atoms with Gasteiger partial charge in [-0.1, -0.05) is 11.6 Å². The highest BCUT2D eigenvalue weighted by Gasteiger charge is 2.31. The highest BCUT2D eigenvalue weighted by molar-refractivity contribution is 6.20. The van der Waals surface area contributed by atoms with Gasteiger partial charge in [0.25, 0.3) is 5.92 Å². The van der Waals surface area contributed by atoms with Crippen LogP contribution < -0.4 is 0 Å². The van der Waals surface area contributed by atoms with Crippen LogP contribution in [0.15, 0.2) is 0 Å². The van der Waals surface area contributed by atoms with E-state index in [0.29, 0.717) is 6.92 Å². The molecular weight excluding hydrogens is 257 g/mol. The van der Waals surface area contributed by atoms with Crippen LogP contribution >= 0.6 is 23.2 Å². The molecule has 0 bridgehead atoms. The molecule has 0 amide bonds. The van der Waals surface area contributed by atoms with Gasteiger partial charge in [0.2, 0.25) is 5.63 Å². The standard InChI is InChI=1S/2C3H4ClF3/c1-3(6,7)2(4)5;4-2-1-3(5,6)7/h2H,1H3;1-2H2. The molecule has 0 aliphatic carbocycles. The summed E-state index contributed by atoms with van der Waals surface area (Å²) in [4.78, 5) is 0. The minimum Gasteiger partial charge on any atom is -0.223 e. The Kier molecular flexibility index (Phi) is 7.83. The van der Waals surface area contributed by atoms with Crippen molar-refractivity contribution in [2.75, 3.05) is 5.88 Å². The van der Waals surface area contributed by atoms with Gasteiger partial charge in [0.05, 0.1) is 6.42 Å². The van der Waals surface area contributed by atoms with Gasteiger partial charge in [-0.3, -0.25) is 0 Å². The first-order chi connectivity index (χ1) is 6.00. The van der Waals surface area contributed by atoms with E-state index in [1.807, 2.05) is 0 Å². The zero-order valence-corrected chi connectivity index (χ0v) is 8.53. The summed E-state index contributed by atoms with van der Waals surface area (Å²) in [7, 11) is 0. The van der Waals surface area contributed by atoms with Crippen molar-refractivity contribution in [2.24, 2.45) is 0 Å². The third-order valence-corrected chi connectivity index (χ3v) is 1.33. The molecule has 0 aromatic heterocycles. The predicted octanol–water partition coefficient (Wildman–Crippen LogP) is 4.35. The van der Waals surface area contributed by atoms with E-state index in [1.54, 1.807) is 0 Å². The van der Waals surface area contributed by atoms with Crippen LogP contribution in [0.25, 0.3) is 0 Å². The molecule has 88 valence electrons. The molecular formula is C6H8Cl2F6. The Balaban J connectivity index is 0. The van der Waals surface area contributed by atoms with Crippen molar-refractivity contribution >= 4 is 23.2 Å². The fraction of sp³-hybridized carbons (Fsp3) is 1.00. The molecule has 0 aromatic rings. The van der Waals surface area contributed by atoms with Crippen molar-refractivity contribution in [1.82, 2.24) is 0 Å². The lowest BCUT2D eigenvalue weighted by Crippen LogP contribution is -2.19. The van der Waals surface area contributed by atoms with Gasteiger partial charge >= 0.3 is 6.18 Å². The summed E-state index contributed by atoms with van der Waals surface area (Å²) in [5.74, 6) is -3.74. The number of rotatable bonds is 2. The molecule has 0 aliphatic rings. The third kappa shape index (κ3) is 14.7. The first kappa shape index (κ1) is 16.6. The number of halogens is 8. The van der Waals surface area contributed by atoms with E-state index in [-0.39, 0.29) is 5.88 Å². The molecule has 1 unspecified atom stereocenters. The van der Waals surface area contributed by atoms with Gasteiger partial charge in [0, 0.05) is 12.8 Å². The average Bonchev–Trinajstić information content (AvgIpc) is 1.82. The average molecular weight is 265 g/mol.